The second-order valence-electron chi connectivity index (χ2n) is 1.93. The molecule has 0 rings (SSSR count). The maximum atomic E-state index is 10.5. The van der Waals surface area contributed by atoms with Gasteiger partial charge in [0.1, 0.15) is 6.02 Å². The van der Waals surface area contributed by atoms with E-state index in [9.17, 15) is 4.79 Å². The zero-order valence-corrected chi connectivity index (χ0v) is 6.40. The highest BCUT2D eigenvalue weighted by atomic mass is 16.4. The molecule has 6 nitrogen and oxygen atoms in total. The van der Waals surface area contributed by atoms with E-state index in [1.807, 2.05) is 0 Å². The normalized spacial score (nSPS) is 23.6. The van der Waals surface area contributed by atoms with Crippen molar-refractivity contribution >= 4 is 11.9 Å². The number of rotatable bonds is 5. The van der Waals surface area contributed by atoms with Gasteiger partial charge in [-0.1, -0.05) is 0 Å². The monoisotopic (exact) mass is 180 g/mol. The highest BCUT2D eigenvalue weighted by molar-refractivity contribution is 5.75. The van der Waals surface area contributed by atoms with Gasteiger partial charge in [-0.15, -0.1) is 0 Å². The molecular formula is C6H14N4O2. The predicted molar refractivity (Wildman–Crippen MR) is 45.5 cm³/mol. The number of carbonyl (C=O) groups is 1. The number of nitrogens with zero attached hydrogens (tertiary/aromatic N) is 1. The van der Waals surface area contributed by atoms with Crippen LogP contribution in [0.2, 0.25) is 0 Å². The summed E-state index contributed by atoms with van der Waals surface area (Å²) < 4.78 is 21.8. The van der Waals surface area contributed by atoms with Crippen LogP contribution in [0.1, 0.15) is 16.9 Å². The molecule has 0 aromatic carbocycles. The molecule has 0 heterocycles. The Labute approximate surface area is 74.6 Å². The third-order valence-electron chi connectivity index (χ3n) is 0.924. The van der Waals surface area contributed by atoms with Crippen LogP contribution in [0.3, 0.4) is 0 Å². The van der Waals surface area contributed by atoms with Crippen molar-refractivity contribution in [1.29, 1.82) is 0 Å². The zero-order valence-electron chi connectivity index (χ0n) is 9.40. The molecule has 2 unspecified atom stereocenters. The number of carboxylic acid groups (broad SMARTS) is 1. The first-order chi connectivity index (χ1) is 6.69. The average Bonchev–Trinajstić information content (AvgIpc) is 2.12. The fourth-order valence-electron chi connectivity index (χ4n) is 0.409. The van der Waals surface area contributed by atoms with Gasteiger partial charge in [0.05, 0.1) is 1.37 Å². The number of nitrogens with two attached hydrogens (primary N) is 3. The fourth-order valence-corrected chi connectivity index (χ4v) is 0.409. The first-order valence-electron chi connectivity index (χ1n) is 4.77. The number of hydrogen-bond donors (Lipinski definition) is 4. The minimum Gasteiger partial charge on any atom is -0.480 e. The van der Waals surface area contributed by atoms with E-state index in [2.05, 4.69) is 4.99 Å². The highest BCUT2D eigenvalue weighted by Crippen LogP contribution is 1.94. The van der Waals surface area contributed by atoms with E-state index >= 15 is 0 Å². The third-order valence-corrected chi connectivity index (χ3v) is 0.924. The number of aliphatic carboxylic acids is 1. The summed E-state index contributed by atoms with van der Waals surface area (Å²) in [5.74, 6) is -1.92. The van der Waals surface area contributed by atoms with Crippen molar-refractivity contribution in [2.75, 3.05) is 6.54 Å². The molecule has 0 radical (unpaired) electrons. The van der Waals surface area contributed by atoms with Crippen molar-refractivity contribution in [3.8, 4) is 0 Å². The second kappa shape index (κ2) is 5.36. The molecule has 7 N–H and O–H groups in total. The molecule has 0 amide bonds. The van der Waals surface area contributed by atoms with Crippen LogP contribution >= 0.6 is 0 Å². The van der Waals surface area contributed by atoms with Gasteiger partial charge >= 0.3 is 5.97 Å². The average molecular weight is 180 g/mol. The molecule has 0 saturated heterocycles. The number of guanidine groups is 1. The van der Waals surface area contributed by atoms with E-state index in [1.165, 1.54) is 0 Å². The molecule has 12 heavy (non-hydrogen) atoms. The summed E-state index contributed by atoms with van der Waals surface area (Å²) in [7, 11) is 0. The number of carboxylic acids is 1. The molecule has 0 aliphatic heterocycles. The van der Waals surface area contributed by atoms with Crippen LogP contribution in [-0.4, -0.2) is 29.6 Å². The zero-order chi connectivity index (χ0) is 12.2. The summed E-state index contributed by atoms with van der Waals surface area (Å²) in [6.07, 6.45) is -2.91. The third kappa shape index (κ3) is 5.48. The minimum atomic E-state index is -2.54. The molecule has 0 aliphatic carbocycles. The van der Waals surface area contributed by atoms with Crippen LogP contribution in [0.4, 0.5) is 0 Å². The lowest BCUT2D eigenvalue weighted by Gasteiger charge is -2.03. The molecule has 0 fully saturated rings. The van der Waals surface area contributed by atoms with Gasteiger partial charge in [-0.25, -0.2) is 0 Å². The molecule has 6 heteroatoms. The van der Waals surface area contributed by atoms with Crippen LogP contribution in [0.5, 0.6) is 0 Å². The van der Waals surface area contributed by atoms with Crippen LogP contribution in [0.15, 0.2) is 4.99 Å². The van der Waals surface area contributed by atoms with Crippen molar-refractivity contribution in [1.82, 2.24) is 0 Å². The van der Waals surface area contributed by atoms with Crippen molar-refractivity contribution in [2.45, 2.75) is 18.8 Å². The summed E-state index contributed by atoms with van der Waals surface area (Å²) >= 11 is 0. The van der Waals surface area contributed by atoms with Gasteiger partial charge < -0.3 is 22.3 Å². The fraction of sp³-hybridized carbons (Fsp3) is 0.667. The topological polar surface area (TPSA) is 128 Å². The van der Waals surface area contributed by atoms with Gasteiger partial charge in [0.25, 0.3) is 0 Å². The Bertz CT molecular complexity index is 267. The summed E-state index contributed by atoms with van der Waals surface area (Å²) in [6.45, 7) is -0.262. The van der Waals surface area contributed by atoms with Crippen molar-refractivity contribution < 1.29 is 14.0 Å². The lowest BCUT2D eigenvalue weighted by Crippen LogP contribution is -2.30. The standard InChI is InChI=1S/C6H14N4O2/c7-4(5(11)12)2-1-3-10-6(8)9/h4H,1-3,7H2,(H,11,12)(H4,8,9,10)/t4-/m0/s1/i1T,2T,4T/t1?,2?,4-. The summed E-state index contributed by atoms with van der Waals surface area (Å²) in [6, 6.07) is -2.54. The summed E-state index contributed by atoms with van der Waals surface area (Å²) in [4.78, 5) is 14.0. The van der Waals surface area contributed by atoms with Gasteiger partial charge in [-0.2, -0.15) is 0 Å². The summed E-state index contributed by atoms with van der Waals surface area (Å²) in [5.41, 5.74) is 15.1. The maximum absolute atomic E-state index is 10.5. The molecule has 70 valence electrons. The first-order valence-corrected chi connectivity index (χ1v) is 3.11. The van der Waals surface area contributed by atoms with Crippen LogP contribution in [0, 0.1) is 0 Å². The molecule has 0 aromatic heterocycles. The molecule has 0 aliphatic rings. The largest absolute Gasteiger partial charge is 0.480 e. The maximum Gasteiger partial charge on any atom is 0.320 e. The Morgan fingerprint density at radius 3 is 2.75 bits per heavy atom. The van der Waals surface area contributed by atoms with E-state index in [-0.39, 0.29) is 12.5 Å². The molecule has 0 spiro atoms. The van der Waals surface area contributed by atoms with Crippen LogP contribution < -0.4 is 17.2 Å². The van der Waals surface area contributed by atoms with Gasteiger partial charge in [-0.3, -0.25) is 9.79 Å². The van der Waals surface area contributed by atoms with E-state index in [4.69, 9.17) is 26.4 Å². The first kappa shape index (κ1) is 6.24. The quantitative estimate of drug-likeness (QED) is 0.301. The van der Waals surface area contributed by atoms with Gasteiger partial charge in [-0.05, 0) is 12.8 Å². The Balaban J connectivity index is 4.50. The van der Waals surface area contributed by atoms with Crippen LogP contribution in [0.25, 0.3) is 0 Å². The lowest BCUT2D eigenvalue weighted by atomic mass is 10.2. The van der Waals surface area contributed by atoms with Gasteiger partial charge in [0, 0.05) is 9.29 Å². The van der Waals surface area contributed by atoms with E-state index in [0.29, 0.717) is 0 Å². The van der Waals surface area contributed by atoms with E-state index < -0.39 is 24.8 Å². The molecule has 0 bridgehead atoms. The Morgan fingerprint density at radius 2 is 2.33 bits per heavy atom. The van der Waals surface area contributed by atoms with E-state index in [1.54, 1.807) is 0 Å². The minimum absolute atomic E-state index is 0.262. The Kier molecular flexibility index (Phi) is 2.79. The SMILES string of the molecule is [3H]C(CN=C(N)N)C([3H])[C@]([3H])(N)C(=O)O. The van der Waals surface area contributed by atoms with Gasteiger partial charge in [0.2, 0.25) is 0 Å². The van der Waals surface area contributed by atoms with Crippen molar-refractivity contribution in [3.05, 3.63) is 0 Å². The Morgan fingerprint density at radius 1 is 1.75 bits per heavy atom. The molecule has 0 saturated carbocycles. The Hall–Kier alpha value is -1.30. The lowest BCUT2D eigenvalue weighted by molar-refractivity contribution is -0.138. The molecule has 0 aromatic rings. The molecule has 3 atom stereocenters. The molecular weight excluding hydrogens is 160 g/mol. The van der Waals surface area contributed by atoms with Crippen molar-refractivity contribution in [3.63, 3.8) is 0 Å². The van der Waals surface area contributed by atoms with Crippen LogP contribution in [-0.2, 0) is 4.79 Å². The second-order valence-corrected chi connectivity index (χ2v) is 1.93. The predicted octanol–water partition coefficient (Wildman–Crippen LogP) is -1.55. The highest BCUT2D eigenvalue weighted by Gasteiger charge is 2.09. The van der Waals surface area contributed by atoms with Gasteiger partial charge in [0.15, 0.2) is 5.96 Å². The number of hydrogen-bond acceptors (Lipinski definition) is 3. The summed E-state index contributed by atoms with van der Waals surface area (Å²) in [5, 5.41) is 8.54. The smallest absolute Gasteiger partial charge is 0.320 e. The van der Waals surface area contributed by atoms with Crippen molar-refractivity contribution in [2.24, 2.45) is 22.2 Å². The number of aliphatic imine (C=N–C) groups is 1. The van der Waals surface area contributed by atoms with E-state index in [0.717, 1.165) is 0 Å².